The van der Waals surface area contributed by atoms with Gasteiger partial charge < -0.3 is 10.6 Å². The van der Waals surface area contributed by atoms with Crippen LogP contribution < -0.4 is 10.6 Å². The Bertz CT molecular complexity index is 915. The maximum absolute atomic E-state index is 13.1. The molecule has 0 fully saturated rings. The molecule has 0 aliphatic heterocycles. The smallest absolute Gasteiger partial charge is 0.275 e. The number of anilines is 2. The first-order valence-electron chi connectivity index (χ1n) is 7.58. The average molecular weight is 358 g/mol. The van der Waals surface area contributed by atoms with Crippen molar-refractivity contribution in [1.82, 2.24) is 9.97 Å². The topological polar surface area (TPSA) is 66.9 Å². The van der Waals surface area contributed by atoms with E-state index in [1.165, 1.54) is 30.6 Å². The number of nitrogens with zero attached hydrogens (tertiary/aromatic N) is 2. The zero-order valence-corrected chi connectivity index (χ0v) is 13.3. The van der Waals surface area contributed by atoms with Gasteiger partial charge in [0.2, 0.25) is 0 Å². The molecule has 0 bridgehead atoms. The van der Waals surface area contributed by atoms with Crippen molar-refractivity contribution >= 4 is 17.4 Å². The Kier molecular flexibility index (Phi) is 5.12. The molecule has 1 amide bonds. The average Bonchev–Trinajstić information content (AvgIpc) is 2.65. The number of hydrogen-bond acceptors (Lipinski definition) is 4. The third-order valence-electron chi connectivity index (χ3n) is 3.45. The molecule has 1 aromatic heterocycles. The van der Waals surface area contributed by atoms with Crippen molar-refractivity contribution in [3.63, 3.8) is 0 Å². The Morgan fingerprint density at radius 2 is 1.69 bits per heavy atom. The molecule has 0 atom stereocenters. The minimum Gasteiger partial charge on any atom is -0.365 e. The highest BCUT2D eigenvalue weighted by Crippen LogP contribution is 2.14. The minimum absolute atomic E-state index is 0.0158. The first-order chi connectivity index (χ1) is 12.5. The summed E-state index contributed by atoms with van der Waals surface area (Å²) >= 11 is 0. The molecule has 0 saturated heterocycles. The molecule has 26 heavy (non-hydrogen) atoms. The van der Waals surface area contributed by atoms with Gasteiger partial charge >= 0.3 is 0 Å². The van der Waals surface area contributed by atoms with Gasteiger partial charge in [-0.1, -0.05) is 12.1 Å². The Labute approximate surface area is 146 Å². The van der Waals surface area contributed by atoms with E-state index in [-0.39, 0.29) is 17.2 Å². The predicted octanol–water partition coefficient (Wildman–Crippen LogP) is 3.76. The van der Waals surface area contributed by atoms with Gasteiger partial charge in [0.1, 0.15) is 17.3 Å². The van der Waals surface area contributed by atoms with Gasteiger partial charge in [-0.2, -0.15) is 0 Å². The molecule has 0 aliphatic carbocycles. The lowest BCUT2D eigenvalue weighted by Gasteiger charge is -2.07. The van der Waals surface area contributed by atoms with Crippen LogP contribution in [-0.2, 0) is 6.54 Å². The van der Waals surface area contributed by atoms with E-state index in [9.17, 15) is 18.0 Å². The van der Waals surface area contributed by atoms with E-state index in [1.807, 2.05) is 0 Å². The van der Waals surface area contributed by atoms with Gasteiger partial charge in [0.15, 0.2) is 11.6 Å². The van der Waals surface area contributed by atoms with E-state index in [4.69, 9.17) is 0 Å². The first kappa shape index (κ1) is 17.4. The summed E-state index contributed by atoms with van der Waals surface area (Å²) in [7, 11) is 0. The van der Waals surface area contributed by atoms with Crippen LogP contribution in [-0.4, -0.2) is 15.9 Å². The van der Waals surface area contributed by atoms with E-state index in [0.29, 0.717) is 12.4 Å². The summed E-state index contributed by atoms with van der Waals surface area (Å²) in [5.74, 6) is -2.55. The highest BCUT2D eigenvalue weighted by molar-refractivity contribution is 6.02. The van der Waals surface area contributed by atoms with Gasteiger partial charge in [0, 0.05) is 18.3 Å². The quantitative estimate of drug-likeness (QED) is 0.729. The monoisotopic (exact) mass is 358 g/mol. The molecule has 3 rings (SSSR count). The van der Waals surface area contributed by atoms with Crippen molar-refractivity contribution in [2.24, 2.45) is 0 Å². The Morgan fingerprint density at radius 1 is 0.923 bits per heavy atom. The van der Waals surface area contributed by atoms with Gasteiger partial charge in [0.25, 0.3) is 5.91 Å². The van der Waals surface area contributed by atoms with Crippen molar-refractivity contribution in [1.29, 1.82) is 0 Å². The summed E-state index contributed by atoms with van der Waals surface area (Å²) in [6.07, 6.45) is 2.62. The molecule has 132 valence electrons. The second-order valence-electron chi connectivity index (χ2n) is 5.35. The Hall–Kier alpha value is -3.42. The van der Waals surface area contributed by atoms with Crippen LogP contribution in [0, 0.1) is 17.5 Å². The summed E-state index contributed by atoms with van der Waals surface area (Å²) in [4.78, 5) is 20.1. The van der Waals surface area contributed by atoms with Gasteiger partial charge in [-0.15, -0.1) is 0 Å². The summed E-state index contributed by atoms with van der Waals surface area (Å²) in [5, 5.41) is 5.40. The molecule has 8 heteroatoms. The number of halogens is 3. The molecule has 0 radical (unpaired) electrons. The molecule has 2 aromatic carbocycles. The zero-order chi connectivity index (χ0) is 18.5. The second-order valence-corrected chi connectivity index (χ2v) is 5.35. The van der Waals surface area contributed by atoms with E-state index in [0.717, 1.165) is 17.7 Å². The van der Waals surface area contributed by atoms with Gasteiger partial charge in [-0.25, -0.2) is 23.1 Å². The van der Waals surface area contributed by atoms with Gasteiger partial charge in [0.05, 0.1) is 12.4 Å². The first-order valence-corrected chi connectivity index (χ1v) is 7.58. The van der Waals surface area contributed by atoms with Crippen LogP contribution in [0.1, 0.15) is 16.1 Å². The highest BCUT2D eigenvalue weighted by atomic mass is 19.2. The zero-order valence-electron chi connectivity index (χ0n) is 13.3. The second kappa shape index (κ2) is 7.64. The fourth-order valence-corrected chi connectivity index (χ4v) is 2.10. The third-order valence-corrected chi connectivity index (χ3v) is 3.45. The molecule has 1 heterocycles. The minimum atomic E-state index is -1.06. The van der Waals surface area contributed by atoms with Crippen LogP contribution in [0.5, 0.6) is 0 Å². The van der Waals surface area contributed by atoms with Crippen LogP contribution in [0.4, 0.5) is 24.7 Å². The summed E-state index contributed by atoms with van der Waals surface area (Å²) < 4.78 is 38.9. The number of aromatic nitrogens is 2. The molecule has 0 spiro atoms. The van der Waals surface area contributed by atoms with Crippen LogP contribution in [0.3, 0.4) is 0 Å². The fourth-order valence-electron chi connectivity index (χ4n) is 2.10. The molecule has 0 saturated carbocycles. The maximum atomic E-state index is 13.1. The highest BCUT2D eigenvalue weighted by Gasteiger charge is 2.10. The maximum Gasteiger partial charge on any atom is 0.275 e. The Morgan fingerprint density at radius 3 is 2.35 bits per heavy atom. The summed E-state index contributed by atoms with van der Waals surface area (Å²) in [6, 6.07) is 9.02. The van der Waals surface area contributed by atoms with Crippen molar-refractivity contribution < 1.29 is 18.0 Å². The number of carbonyl (C=O) groups is 1. The number of benzene rings is 2. The van der Waals surface area contributed by atoms with E-state index in [1.54, 1.807) is 12.1 Å². The fraction of sp³-hybridized carbons (Fsp3) is 0.0556. The standard InChI is InChI=1S/C18H13F3N4O/c19-12-3-1-11(2-4-12)8-23-17-10-22-16(9-24-17)18(26)25-13-5-6-14(20)15(21)7-13/h1-7,9-10H,8H2,(H,23,24)(H,25,26). The summed E-state index contributed by atoms with van der Waals surface area (Å²) in [6.45, 7) is 0.412. The molecular formula is C18H13F3N4O. The molecule has 5 nitrogen and oxygen atoms in total. The van der Waals surface area contributed by atoms with Crippen LogP contribution in [0.2, 0.25) is 0 Å². The lowest BCUT2D eigenvalue weighted by Crippen LogP contribution is -2.14. The number of hydrogen-bond donors (Lipinski definition) is 2. The lowest BCUT2D eigenvalue weighted by atomic mass is 10.2. The number of carbonyl (C=O) groups excluding carboxylic acids is 1. The normalized spacial score (nSPS) is 10.4. The Balaban J connectivity index is 1.60. The number of amides is 1. The number of rotatable bonds is 5. The van der Waals surface area contributed by atoms with Crippen LogP contribution in [0.15, 0.2) is 54.9 Å². The molecule has 3 aromatic rings. The van der Waals surface area contributed by atoms with Gasteiger partial charge in [-0.05, 0) is 29.8 Å². The lowest BCUT2D eigenvalue weighted by molar-refractivity contribution is 0.102. The van der Waals surface area contributed by atoms with Crippen molar-refractivity contribution in [2.45, 2.75) is 6.54 Å². The van der Waals surface area contributed by atoms with E-state index < -0.39 is 17.5 Å². The van der Waals surface area contributed by atoms with E-state index >= 15 is 0 Å². The van der Waals surface area contributed by atoms with Crippen LogP contribution >= 0.6 is 0 Å². The van der Waals surface area contributed by atoms with Gasteiger partial charge in [-0.3, -0.25) is 4.79 Å². The van der Waals surface area contributed by atoms with Crippen molar-refractivity contribution in [2.75, 3.05) is 10.6 Å². The molecule has 0 aliphatic rings. The molecule has 0 unspecified atom stereocenters. The van der Waals surface area contributed by atoms with Crippen molar-refractivity contribution in [3.05, 3.63) is 83.6 Å². The molecule has 2 N–H and O–H groups in total. The third kappa shape index (κ3) is 4.35. The van der Waals surface area contributed by atoms with Crippen LogP contribution in [0.25, 0.3) is 0 Å². The van der Waals surface area contributed by atoms with Crippen molar-refractivity contribution in [3.8, 4) is 0 Å². The van der Waals surface area contributed by atoms with E-state index in [2.05, 4.69) is 20.6 Å². The molecular weight excluding hydrogens is 345 g/mol. The largest absolute Gasteiger partial charge is 0.365 e. The number of nitrogens with one attached hydrogen (secondary N) is 2. The SMILES string of the molecule is O=C(Nc1ccc(F)c(F)c1)c1cnc(NCc2ccc(F)cc2)cn1. The predicted molar refractivity (Wildman–Crippen MR) is 90.1 cm³/mol. The summed E-state index contributed by atoms with van der Waals surface area (Å²) in [5.41, 5.74) is 0.977.